The second-order valence-corrected chi connectivity index (χ2v) is 5.67. The minimum atomic E-state index is -0.571. The number of hydrogen-bond donors (Lipinski definition) is 1. The van der Waals surface area contributed by atoms with Crippen molar-refractivity contribution in [3.05, 3.63) is 0 Å². The van der Waals surface area contributed by atoms with E-state index in [9.17, 15) is 9.59 Å². The van der Waals surface area contributed by atoms with Crippen LogP contribution in [0.4, 0.5) is 4.79 Å². The molecule has 0 bridgehead atoms. The van der Waals surface area contributed by atoms with Crippen molar-refractivity contribution in [1.29, 1.82) is 0 Å². The molecule has 0 aromatic rings. The molecule has 1 aliphatic heterocycles. The molecular formula is C13H24N2O4. The zero-order valence-corrected chi connectivity index (χ0v) is 12.2. The van der Waals surface area contributed by atoms with Crippen LogP contribution >= 0.6 is 0 Å². The number of carbonyl (C=O) groups excluding carboxylic acids is 2. The standard InChI is InChI=1S/C13H24N2O4/c1-13(2,3)19-12(17)15(9-11(16)18-4)10-5-7-14-8-6-10/h10,14H,5-9H2,1-4H3. The monoisotopic (exact) mass is 272 g/mol. The van der Waals surface area contributed by atoms with Crippen LogP contribution in [-0.2, 0) is 14.3 Å². The molecule has 0 atom stereocenters. The predicted octanol–water partition coefficient (Wildman–Crippen LogP) is 1.15. The van der Waals surface area contributed by atoms with Crippen LogP contribution in [0.1, 0.15) is 33.6 Å². The number of carbonyl (C=O) groups is 2. The third-order valence-electron chi connectivity index (χ3n) is 2.90. The van der Waals surface area contributed by atoms with E-state index in [1.807, 2.05) is 20.8 Å². The summed E-state index contributed by atoms with van der Waals surface area (Å²) in [6.45, 7) is 7.04. The number of piperidine rings is 1. The van der Waals surface area contributed by atoms with E-state index in [-0.39, 0.29) is 12.6 Å². The molecule has 0 aromatic carbocycles. The van der Waals surface area contributed by atoms with E-state index < -0.39 is 17.7 Å². The summed E-state index contributed by atoms with van der Waals surface area (Å²) in [6.07, 6.45) is 1.18. The molecule has 1 saturated heterocycles. The quantitative estimate of drug-likeness (QED) is 0.781. The number of esters is 1. The number of nitrogens with zero attached hydrogens (tertiary/aromatic N) is 1. The van der Waals surface area contributed by atoms with Crippen molar-refractivity contribution in [2.45, 2.75) is 45.3 Å². The molecule has 0 aliphatic carbocycles. The minimum Gasteiger partial charge on any atom is -0.468 e. The minimum absolute atomic E-state index is 0.0233. The van der Waals surface area contributed by atoms with Crippen molar-refractivity contribution >= 4 is 12.1 Å². The fourth-order valence-electron chi connectivity index (χ4n) is 1.99. The first-order valence-corrected chi connectivity index (χ1v) is 6.60. The topological polar surface area (TPSA) is 67.9 Å². The van der Waals surface area contributed by atoms with Gasteiger partial charge in [-0.3, -0.25) is 9.69 Å². The molecule has 19 heavy (non-hydrogen) atoms. The highest BCUT2D eigenvalue weighted by Gasteiger charge is 2.31. The van der Waals surface area contributed by atoms with E-state index in [2.05, 4.69) is 10.1 Å². The Bertz CT molecular complexity index is 319. The fraction of sp³-hybridized carbons (Fsp3) is 0.846. The normalized spacial score (nSPS) is 16.8. The number of nitrogens with one attached hydrogen (secondary N) is 1. The second-order valence-electron chi connectivity index (χ2n) is 5.67. The van der Waals surface area contributed by atoms with Crippen molar-refractivity contribution in [2.75, 3.05) is 26.7 Å². The summed E-state index contributed by atoms with van der Waals surface area (Å²) in [7, 11) is 1.32. The van der Waals surface area contributed by atoms with Crippen molar-refractivity contribution in [2.24, 2.45) is 0 Å². The van der Waals surface area contributed by atoms with Gasteiger partial charge >= 0.3 is 12.1 Å². The molecule has 1 fully saturated rings. The largest absolute Gasteiger partial charge is 0.468 e. The number of hydrogen-bond acceptors (Lipinski definition) is 5. The lowest BCUT2D eigenvalue weighted by molar-refractivity contribution is -0.142. The predicted molar refractivity (Wildman–Crippen MR) is 70.8 cm³/mol. The van der Waals surface area contributed by atoms with Crippen LogP contribution in [0.2, 0.25) is 0 Å². The summed E-state index contributed by atoms with van der Waals surface area (Å²) >= 11 is 0. The molecule has 0 radical (unpaired) electrons. The van der Waals surface area contributed by atoms with Crippen LogP contribution in [0, 0.1) is 0 Å². The molecule has 1 amide bonds. The zero-order chi connectivity index (χ0) is 14.5. The average molecular weight is 272 g/mol. The van der Waals surface area contributed by atoms with Gasteiger partial charge in [0.2, 0.25) is 0 Å². The SMILES string of the molecule is COC(=O)CN(C(=O)OC(C)(C)C)C1CCNCC1. The summed E-state index contributed by atoms with van der Waals surface area (Å²) in [5.41, 5.74) is -0.571. The van der Waals surface area contributed by atoms with Gasteiger partial charge in [-0.15, -0.1) is 0 Å². The summed E-state index contributed by atoms with van der Waals surface area (Å²) in [5, 5.41) is 3.23. The Kier molecular flexibility index (Phi) is 5.60. The second kappa shape index (κ2) is 6.75. The van der Waals surface area contributed by atoms with Gasteiger partial charge in [0, 0.05) is 6.04 Å². The highest BCUT2D eigenvalue weighted by Crippen LogP contribution is 2.17. The Labute approximate surface area is 114 Å². The number of ether oxygens (including phenoxy) is 2. The lowest BCUT2D eigenvalue weighted by Crippen LogP contribution is -2.49. The molecule has 1 heterocycles. The van der Waals surface area contributed by atoms with E-state index in [0.29, 0.717) is 0 Å². The van der Waals surface area contributed by atoms with Gasteiger partial charge in [-0.25, -0.2) is 4.79 Å². The fourth-order valence-corrected chi connectivity index (χ4v) is 1.99. The van der Waals surface area contributed by atoms with Crippen LogP contribution in [0.15, 0.2) is 0 Å². The van der Waals surface area contributed by atoms with Gasteiger partial charge < -0.3 is 14.8 Å². The Balaban J connectivity index is 2.72. The molecule has 110 valence electrons. The van der Waals surface area contributed by atoms with E-state index in [4.69, 9.17) is 4.74 Å². The molecule has 1 aliphatic rings. The van der Waals surface area contributed by atoms with E-state index in [1.54, 1.807) is 0 Å². The van der Waals surface area contributed by atoms with Gasteiger partial charge in [0.1, 0.15) is 12.1 Å². The molecule has 6 heteroatoms. The van der Waals surface area contributed by atoms with Crippen molar-refractivity contribution in [3.8, 4) is 0 Å². The maximum Gasteiger partial charge on any atom is 0.411 e. The Hall–Kier alpha value is -1.30. The van der Waals surface area contributed by atoms with E-state index in [1.165, 1.54) is 12.0 Å². The Morgan fingerprint density at radius 1 is 1.26 bits per heavy atom. The van der Waals surface area contributed by atoms with Gasteiger partial charge in [0.05, 0.1) is 7.11 Å². The number of rotatable bonds is 3. The van der Waals surface area contributed by atoms with Crippen LogP contribution < -0.4 is 5.32 Å². The number of amides is 1. The Morgan fingerprint density at radius 2 is 1.84 bits per heavy atom. The lowest BCUT2D eigenvalue weighted by atomic mass is 10.1. The molecule has 1 N–H and O–H groups in total. The summed E-state index contributed by atoms with van der Waals surface area (Å²) in [5.74, 6) is -0.426. The molecule has 0 saturated carbocycles. The number of methoxy groups -OCH3 is 1. The molecule has 0 aromatic heterocycles. The summed E-state index contributed by atoms with van der Waals surface area (Å²) in [4.78, 5) is 25.1. The zero-order valence-electron chi connectivity index (χ0n) is 12.2. The smallest absolute Gasteiger partial charge is 0.411 e. The molecule has 6 nitrogen and oxygen atoms in total. The molecule has 1 rings (SSSR count). The lowest BCUT2D eigenvalue weighted by Gasteiger charge is -2.35. The van der Waals surface area contributed by atoms with Gasteiger partial charge in [0.15, 0.2) is 0 Å². The van der Waals surface area contributed by atoms with Gasteiger partial charge in [-0.05, 0) is 46.7 Å². The van der Waals surface area contributed by atoms with Crippen LogP contribution in [0.5, 0.6) is 0 Å². The van der Waals surface area contributed by atoms with Crippen molar-refractivity contribution in [3.63, 3.8) is 0 Å². The summed E-state index contributed by atoms with van der Waals surface area (Å²) < 4.78 is 10.0. The third kappa shape index (κ3) is 5.46. The molecule has 0 unspecified atom stereocenters. The first kappa shape index (κ1) is 15.8. The van der Waals surface area contributed by atoms with Crippen LogP contribution in [0.3, 0.4) is 0 Å². The van der Waals surface area contributed by atoms with Gasteiger partial charge in [0.25, 0.3) is 0 Å². The Morgan fingerprint density at radius 3 is 2.32 bits per heavy atom. The van der Waals surface area contributed by atoms with Crippen molar-refractivity contribution < 1.29 is 19.1 Å². The average Bonchev–Trinajstić information content (AvgIpc) is 2.34. The highest BCUT2D eigenvalue weighted by molar-refractivity contribution is 5.78. The molecular weight excluding hydrogens is 248 g/mol. The molecule has 0 spiro atoms. The first-order chi connectivity index (χ1) is 8.83. The maximum atomic E-state index is 12.2. The third-order valence-corrected chi connectivity index (χ3v) is 2.90. The van der Waals surface area contributed by atoms with E-state index >= 15 is 0 Å². The summed E-state index contributed by atoms with van der Waals surface area (Å²) in [6, 6.07) is 0.0233. The highest BCUT2D eigenvalue weighted by atomic mass is 16.6. The van der Waals surface area contributed by atoms with E-state index in [0.717, 1.165) is 25.9 Å². The van der Waals surface area contributed by atoms with Crippen LogP contribution in [-0.4, -0.2) is 55.3 Å². The van der Waals surface area contributed by atoms with Crippen LogP contribution in [0.25, 0.3) is 0 Å². The van der Waals surface area contributed by atoms with Gasteiger partial charge in [-0.1, -0.05) is 0 Å². The van der Waals surface area contributed by atoms with Gasteiger partial charge in [-0.2, -0.15) is 0 Å². The first-order valence-electron chi connectivity index (χ1n) is 6.60. The maximum absolute atomic E-state index is 12.2. The van der Waals surface area contributed by atoms with Crippen molar-refractivity contribution in [1.82, 2.24) is 10.2 Å².